The molecule has 2 atom stereocenters. The Morgan fingerprint density at radius 3 is 2.56 bits per heavy atom. The molecule has 1 aliphatic heterocycles. The molecule has 0 amide bonds. The smallest absolute Gasteiger partial charge is 0.0687 e. The van der Waals surface area contributed by atoms with E-state index in [1.165, 1.54) is 57.8 Å². The average molecular weight is 253 g/mol. The molecule has 2 rings (SSSR count). The van der Waals surface area contributed by atoms with Crippen molar-refractivity contribution in [3.63, 3.8) is 0 Å². The van der Waals surface area contributed by atoms with Crippen LogP contribution in [0.1, 0.15) is 78.1 Å². The summed E-state index contributed by atoms with van der Waals surface area (Å²) in [5.74, 6) is 0.610. The third-order valence-corrected chi connectivity index (χ3v) is 5.02. The van der Waals surface area contributed by atoms with Crippen LogP contribution >= 0.6 is 0 Å². The van der Waals surface area contributed by atoms with E-state index in [0.717, 1.165) is 6.42 Å². The Bertz CT molecular complexity index is 245. The van der Waals surface area contributed by atoms with Crippen molar-refractivity contribution in [2.45, 2.75) is 95.8 Å². The molecule has 2 unspecified atom stereocenters. The number of nitrogens with two attached hydrogens (primary N) is 1. The molecule has 1 saturated heterocycles. The van der Waals surface area contributed by atoms with Crippen LogP contribution in [0.15, 0.2) is 0 Å². The Labute approximate surface area is 113 Å². The van der Waals surface area contributed by atoms with Crippen LogP contribution in [0, 0.1) is 5.92 Å². The van der Waals surface area contributed by atoms with Gasteiger partial charge in [0.05, 0.1) is 11.7 Å². The fraction of sp³-hybridized carbons (Fsp3) is 1.00. The monoisotopic (exact) mass is 253 g/mol. The van der Waals surface area contributed by atoms with Gasteiger partial charge in [-0.3, -0.25) is 0 Å². The van der Waals surface area contributed by atoms with Crippen LogP contribution in [0.4, 0.5) is 0 Å². The minimum absolute atomic E-state index is 0.295. The highest BCUT2D eigenvalue weighted by Gasteiger charge is 2.40. The SMILES string of the molecule is CC(C)C(N)CCCC1CCC2(CCCCC2)O1. The number of ether oxygens (including phenoxy) is 1. The van der Waals surface area contributed by atoms with E-state index in [1.807, 2.05) is 0 Å². The highest BCUT2D eigenvalue weighted by atomic mass is 16.5. The zero-order valence-electron chi connectivity index (χ0n) is 12.3. The second kappa shape index (κ2) is 6.38. The standard InChI is InChI=1S/C16H31NO/c1-13(2)15(17)8-6-7-14-9-12-16(18-14)10-4-3-5-11-16/h13-15H,3-12,17H2,1-2H3. The van der Waals surface area contributed by atoms with Crippen LogP contribution in [0.3, 0.4) is 0 Å². The van der Waals surface area contributed by atoms with Crippen LogP contribution in [0.5, 0.6) is 0 Å². The second-order valence-electron chi connectivity index (χ2n) is 6.86. The highest BCUT2D eigenvalue weighted by Crippen LogP contribution is 2.42. The Morgan fingerprint density at radius 1 is 1.17 bits per heavy atom. The summed E-state index contributed by atoms with van der Waals surface area (Å²) in [7, 11) is 0. The van der Waals surface area contributed by atoms with E-state index in [9.17, 15) is 0 Å². The molecule has 2 heteroatoms. The molecule has 0 radical (unpaired) electrons. The lowest BCUT2D eigenvalue weighted by Gasteiger charge is -2.33. The number of hydrogen-bond donors (Lipinski definition) is 1. The van der Waals surface area contributed by atoms with Gasteiger partial charge in [-0.1, -0.05) is 33.1 Å². The van der Waals surface area contributed by atoms with Gasteiger partial charge in [0.1, 0.15) is 0 Å². The van der Waals surface area contributed by atoms with E-state index in [2.05, 4.69) is 13.8 Å². The Morgan fingerprint density at radius 2 is 1.89 bits per heavy atom. The van der Waals surface area contributed by atoms with Crippen molar-refractivity contribution in [1.29, 1.82) is 0 Å². The average Bonchev–Trinajstić information content (AvgIpc) is 2.73. The molecule has 1 aliphatic carbocycles. The van der Waals surface area contributed by atoms with Gasteiger partial charge in [0.15, 0.2) is 0 Å². The van der Waals surface area contributed by atoms with Crippen molar-refractivity contribution in [3.8, 4) is 0 Å². The van der Waals surface area contributed by atoms with Crippen molar-refractivity contribution in [1.82, 2.24) is 0 Å². The van der Waals surface area contributed by atoms with E-state index in [4.69, 9.17) is 10.5 Å². The number of rotatable bonds is 5. The first-order chi connectivity index (χ1) is 8.61. The molecule has 2 aliphatic rings. The first-order valence-electron chi connectivity index (χ1n) is 8.05. The van der Waals surface area contributed by atoms with Gasteiger partial charge in [-0.2, -0.15) is 0 Å². The maximum Gasteiger partial charge on any atom is 0.0687 e. The molecular formula is C16H31NO. The van der Waals surface area contributed by atoms with Crippen LogP contribution in [-0.2, 0) is 4.74 Å². The van der Waals surface area contributed by atoms with Crippen molar-refractivity contribution in [2.24, 2.45) is 11.7 Å². The lowest BCUT2D eigenvalue weighted by molar-refractivity contribution is -0.0662. The predicted octanol–water partition coefficient (Wildman–Crippen LogP) is 4.02. The molecule has 106 valence electrons. The van der Waals surface area contributed by atoms with Crippen molar-refractivity contribution < 1.29 is 4.74 Å². The third-order valence-electron chi connectivity index (χ3n) is 5.02. The largest absolute Gasteiger partial charge is 0.372 e. The summed E-state index contributed by atoms with van der Waals surface area (Å²) in [5, 5.41) is 0. The zero-order chi connectivity index (χ0) is 13.0. The first-order valence-corrected chi connectivity index (χ1v) is 8.05. The molecule has 0 aromatic carbocycles. The van der Waals surface area contributed by atoms with Crippen LogP contribution in [0.2, 0.25) is 0 Å². The van der Waals surface area contributed by atoms with Crippen LogP contribution < -0.4 is 5.73 Å². The second-order valence-corrected chi connectivity index (χ2v) is 6.86. The van der Waals surface area contributed by atoms with Gasteiger partial charge < -0.3 is 10.5 Å². The molecular weight excluding hydrogens is 222 g/mol. The summed E-state index contributed by atoms with van der Waals surface area (Å²) >= 11 is 0. The highest BCUT2D eigenvalue weighted by molar-refractivity contribution is 4.91. The first kappa shape index (κ1) is 14.3. The lowest BCUT2D eigenvalue weighted by atomic mass is 9.83. The van der Waals surface area contributed by atoms with Gasteiger partial charge in [-0.05, 0) is 50.9 Å². The van der Waals surface area contributed by atoms with E-state index < -0.39 is 0 Å². The molecule has 0 aromatic rings. The van der Waals surface area contributed by atoms with E-state index >= 15 is 0 Å². The molecule has 0 bridgehead atoms. The summed E-state index contributed by atoms with van der Waals surface area (Å²) in [6.07, 6.45) is 13.6. The molecule has 1 heterocycles. The minimum Gasteiger partial charge on any atom is -0.372 e. The van der Waals surface area contributed by atoms with Crippen molar-refractivity contribution >= 4 is 0 Å². The summed E-state index contributed by atoms with van der Waals surface area (Å²) < 4.78 is 6.39. The normalized spacial score (nSPS) is 29.0. The topological polar surface area (TPSA) is 35.2 Å². The van der Waals surface area contributed by atoms with Gasteiger partial charge in [0.2, 0.25) is 0 Å². The molecule has 18 heavy (non-hydrogen) atoms. The molecule has 1 saturated carbocycles. The summed E-state index contributed by atoms with van der Waals surface area (Å²) in [5.41, 5.74) is 6.39. The molecule has 2 nitrogen and oxygen atoms in total. The number of hydrogen-bond acceptors (Lipinski definition) is 2. The quantitative estimate of drug-likeness (QED) is 0.803. The fourth-order valence-electron chi connectivity index (χ4n) is 3.58. The lowest BCUT2D eigenvalue weighted by Crippen LogP contribution is -2.31. The Hall–Kier alpha value is -0.0800. The van der Waals surface area contributed by atoms with Gasteiger partial charge in [0.25, 0.3) is 0 Å². The van der Waals surface area contributed by atoms with Gasteiger partial charge in [-0.25, -0.2) is 0 Å². The maximum absolute atomic E-state index is 6.39. The van der Waals surface area contributed by atoms with Gasteiger partial charge >= 0.3 is 0 Å². The summed E-state index contributed by atoms with van der Waals surface area (Å²) in [4.78, 5) is 0. The fourth-order valence-corrected chi connectivity index (χ4v) is 3.58. The predicted molar refractivity (Wildman–Crippen MR) is 76.6 cm³/mol. The van der Waals surface area contributed by atoms with Crippen LogP contribution in [0.25, 0.3) is 0 Å². The summed E-state index contributed by atoms with van der Waals surface area (Å²) in [6, 6.07) is 0.370. The van der Waals surface area contributed by atoms with E-state index in [-0.39, 0.29) is 0 Å². The summed E-state index contributed by atoms with van der Waals surface area (Å²) in [6.45, 7) is 4.43. The van der Waals surface area contributed by atoms with E-state index in [1.54, 1.807) is 0 Å². The Balaban J connectivity index is 1.66. The molecule has 1 spiro atoms. The Kier molecular flexibility index (Phi) is 5.08. The minimum atomic E-state index is 0.295. The van der Waals surface area contributed by atoms with Gasteiger partial charge in [0, 0.05) is 6.04 Å². The molecule has 2 fully saturated rings. The van der Waals surface area contributed by atoms with Crippen LogP contribution in [-0.4, -0.2) is 17.7 Å². The molecule has 0 aromatic heterocycles. The van der Waals surface area contributed by atoms with E-state index in [0.29, 0.717) is 23.7 Å². The maximum atomic E-state index is 6.39. The third kappa shape index (κ3) is 3.71. The van der Waals surface area contributed by atoms with Gasteiger partial charge in [-0.15, -0.1) is 0 Å². The molecule has 2 N–H and O–H groups in total. The van der Waals surface area contributed by atoms with Crippen molar-refractivity contribution in [2.75, 3.05) is 0 Å². The van der Waals surface area contributed by atoms with Crippen molar-refractivity contribution in [3.05, 3.63) is 0 Å². The zero-order valence-corrected chi connectivity index (χ0v) is 12.3.